The summed E-state index contributed by atoms with van der Waals surface area (Å²) in [5, 5.41) is 14.0. The average Bonchev–Trinajstić information content (AvgIpc) is 2.42. The van der Waals surface area contributed by atoms with Crippen LogP contribution in [0.5, 0.6) is 0 Å². The van der Waals surface area contributed by atoms with E-state index < -0.39 is 5.97 Å². The first-order chi connectivity index (χ1) is 9.88. The third-order valence-corrected chi connectivity index (χ3v) is 2.91. The quantitative estimate of drug-likeness (QED) is 0.715. The maximum absolute atomic E-state index is 12.0. The van der Waals surface area contributed by atoms with Crippen LogP contribution in [0.25, 0.3) is 0 Å². The first-order valence-electron chi connectivity index (χ1n) is 6.76. The van der Waals surface area contributed by atoms with Gasteiger partial charge in [-0.1, -0.05) is 13.0 Å². The molecule has 0 aliphatic carbocycles. The SMILES string of the molecule is CC(=O)Nc1cccc(C(=O)NCC(C)CCC(=O)O)c1. The Morgan fingerprint density at radius 1 is 1.29 bits per heavy atom. The minimum absolute atomic E-state index is 0.0866. The molecule has 1 atom stereocenters. The van der Waals surface area contributed by atoms with Gasteiger partial charge in [-0.25, -0.2) is 0 Å². The van der Waals surface area contributed by atoms with Crippen LogP contribution in [0.3, 0.4) is 0 Å². The second kappa shape index (κ2) is 8.04. The predicted molar refractivity (Wildman–Crippen MR) is 79.1 cm³/mol. The summed E-state index contributed by atoms with van der Waals surface area (Å²) in [6.07, 6.45) is 0.608. The number of nitrogens with one attached hydrogen (secondary N) is 2. The van der Waals surface area contributed by atoms with Gasteiger partial charge in [0, 0.05) is 31.1 Å². The lowest BCUT2D eigenvalue weighted by Crippen LogP contribution is -2.28. The fourth-order valence-corrected chi connectivity index (χ4v) is 1.78. The van der Waals surface area contributed by atoms with Crippen LogP contribution in [0, 0.1) is 5.92 Å². The molecule has 0 aliphatic rings. The molecule has 21 heavy (non-hydrogen) atoms. The average molecular weight is 292 g/mol. The second-order valence-electron chi connectivity index (χ2n) is 5.01. The summed E-state index contributed by atoms with van der Waals surface area (Å²) in [6, 6.07) is 6.64. The Morgan fingerprint density at radius 2 is 2.00 bits per heavy atom. The van der Waals surface area contributed by atoms with Crippen molar-refractivity contribution in [3.05, 3.63) is 29.8 Å². The van der Waals surface area contributed by atoms with Crippen molar-refractivity contribution in [1.29, 1.82) is 0 Å². The Bertz CT molecular complexity index is 528. The van der Waals surface area contributed by atoms with Gasteiger partial charge >= 0.3 is 5.97 Å². The molecule has 0 heterocycles. The molecule has 1 unspecified atom stereocenters. The van der Waals surface area contributed by atoms with E-state index >= 15 is 0 Å². The molecule has 0 fully saturated rings. The zero-order valence-electron chi connectivity index (χ0n) is 12.2. The van der Waals surface area contributed by atoms with Crippen molar-refractivity contribution in [2.24, 2.45) is 5.92 Å². The summed E-state index contributed by atoms with van der Waals surface area (Å²) in [5.41, 5.74) is 1.01. The number of benzene rings is 1. The third-order valence-electron chi connectivity index (χ3n) is 2.91. The summed E-state index contributed by atoms with van der Waals surface area (Å²) in [4.78, 5) is 33.4. The van der Waals surface area contributed by atoms with Crippen LogP contribution in [0.4, 0.5) is 5.69 Å². The maximum Gasteiger partial charge on any atom is 0.303 e. The molecule has 0 aromatic heterocycles. The molecule has 0 radical (unpaired) electrons. The van der Waals surface area contributed by atoms with E-state index in [1.165, 1.54) is 6.92 Å². The maximum atomic E-state index is 12.0. The zero-order chi connectivity index (χ0) is 15.8. The molecule has 0 bridgehead atoms. The molecule has 0 saturated heterocycles. The smallest absolute Gasteiger partial charge is 0.303 e. The van der Waals surface area contributed by atoms with Gasteiger partial charge in [0.25, 0.3) is 5.91 Å². The summed E-state index contributed by atoms with van der Waals surface area (Å²) in [6.45, 7) is 3.70. The van der Waals surface area contributed by atoms with Crippen molar-refractivity contribution < 1.29 is 19.5 Å². The van der Waals surface area contributed by atoms with E-state index in [9.17, 15) is 14.4 Å². The minimum Gasteiger partial charge on any atom is -0.481 e. The van der Waals surface area contributed by atoms with Crippen molar-refractivity contribution in [2.45, 2.75) is 26.7 Å². The number of carbonyl (C=O) groups is 3. The number of carboxylic acid groups (broad SMARTS) is 1. The Morgan fingerprint density at radius 3 is 2.62 bits per heavy atom. The van der Waals surface area contributed by atoms with Crippen molar-refractivity contribution in [3.8, 4) is 0 Å². The highest BCUT2D eigenvalue weighted by atomic mass is 16.4. The van der Waals surface area contributed by atoms with Gasteiger partial charge in [-0.2, -0.15) is 0 Å². The first-order valence-corrected chi connectivity index (χ1v) is 6.76. The Hall–Kier alpha value is -2.37. The summed E-state index contributed by atoms with van der Waals surface area (Å²) in [5.74, 6) is -1.20. The summed E-state index contributed by atoms with van der Waals surface area (Å²) < 4.78 is 0. The topological polar surface area (TPSA) is 95.5 Å². The third kappa shape index (κ3) is 6.56. The van der Waals surface area contributed by atoms with E-state index in [4.69, 9.17) is 5.11 Å². The molecule has 114 valence electrons. The van der Waals surface area contributed by atoms with E-state index in [1.54, 1.807) is 24.3 Å². The van der Waals surface area contributed by atoms with Crippen LogP contribution < -0.4 is 10.6 Å². The molecule has 1 aromatic carbocycles. The number of carboxylic acids is 1. The van der Waals surface area contributed by atoms with Gasteiger partial charge in [-0.05, 0) is 30.5 Å². The molecule has 3 N–H and O–H groups in total. The van der Waals surface area contributed by atoms with Gasteiger partial charge < -0.3 is 15.7 Å². The molecule has 6 heteroatoms. The highest BCUT2D eigenvalue weighted by Crippen LogP contribution is 2.11. The van der Waals surface area contributed by atoms with Gasteiger partial charge in [0.05, 0.1) is 0 Å². The van der Waals surface area contributed by atoms with Gasteiger partial charge in [0.1, 0.15) is 0 Å². The molecule has 6 nitrogen and oxygen atoms in total. The number of hydrogen-bond donors (Lipinski definition) is 3. The Kier molecular flexibility index (Phi) is 6.39. The van der Waals surface area contributed by atoms with E-state index in [0.717, 1.165) is 0 Å². The van der Waals surface area contributed by atoms with Gasteiger partial charge in [0.2, 0.25) is 5.91 Å². The number of amides is 2. The number of rotatable bonds is 7. The van der Waals surface area contributed by atoms with Crippen LogP contribution >= 0.6 is 0 Å². The number of aliphatic carboxylic acids is 1. The Labute approximate surface area is 123 Å². The molecule has 0 aliphatic heterocycles. The van der Waals surface area contributed by atoms with Crippen LogP contribution in [0.2, 0.25) is 0 Å². The minimum atomic E-state index is -0.837. The second-order valence-corrected chi connectivity index (χ2v) is 5.01. The molecule has 0 saturated carbocycles. The van der Waals surface area contributed by atoms with E-state index in [2.05, 4.69) is 10.6 Å². The molecule has 0 spiro atoms. The van der Waals surface area contributed by atoms with Crippen molar-refractivity contribution >= 4 is 23.5 Å². The predicted octanol–water partition coefficient (Wildman–Crippen LogP) is 1.88. The standard InChI is InChI=1S/C15H20N2O4/c1-10(6-7-14(19)20)9-16-15(21)12-4-3-5-13(8-12)17-11(2)18/h3-5,8,10H,6-7,9H2,1-2H3,(H,16,21)(H,17,18)(H,19,20). The highest BCUT2D eigenvalue weighted by Gasteiger charge is 2.10. The van der Waals surface area contributed by atoms with Crippen LogP contribution in [-0.2, 0) is 9.59 Å². The van der Waals surface area contributed by atoms with Crippen LogP contribution in [0.1, 0.15) is 37.0 Å². The van der Waals surface area contributed by atoms with Gasteiger partial charge in [-0.3, -0.25) is 14.4 Å². The first kappa shape index (κ1) is 16.7. The zero-order valence-corrected chi connectivity index (χ0v) is 12.2. The highest BCUT2D eigenvalue weighted by molar-refractivity contribution is 5.96. The number of anilines is 1. The molecule has 1 aromatic rings. The van der Waals surface area contributed by atoms with E-state index in [1.807, 2.05) is 6.92 Å². The van der Waals surface area contributed by atoms with Crippen molar-refractivity contribution in [1.82, 2.24) is 5.32 Å². The van der Waals surface area contributed by atoms with Crippen molar-refractivity contribution in [2.75, 3.05) is 11.9 Å². The van der Waals surface area contributed by atoms with Crippen molar-refractivity contribution in [3.63, 3.8) is 0 Å². The molecular formula is C15H20N2O4. The fourth-order valence-electron chi connectivity index (χ4n) is 1.78. The lowest BCUT2D eigenvalue weighted by atomic mass is 10.1. The Balaban J connectivity index is 2.51. The molecule has 2 amide bonds. The molecule has 1 rings (SSSR count). The van der Waals surface area contributed by atoms with E-state index in [-0.39, 0.29) is 24.2 Å². The van der Waals surface area contributed by atoms with Crippen LogP contribution in [-0.4, -0.2) is 29.4 Å². The lowest BCUT2D eigenvalue weighted by molar-refractivity contribution is -0.137. The monoisotopic (exact) mass is 292 g/mol. The van der Waals surface area contributed by atoms with Crippen LogP contribution in [0.15, 0.2) is 24.3 Å². The van der Waals surface area contributed by atoms with Gasteiger partial charge in [-0.15, -0.1) is 0 Å². The number of carbonyl (C=O) groups excluding carboxylic acids is 2. The summed E-state index contributed by atoms with van der Waals surface area (Å²) in [7, 11) is 0. The summed E-state index contributed by atoms with van der Waals surface area (Å²) >= 11 is 0. The van der Waals surface area contributed by atoms with Gasteiger partial charge in [0.15, 0.2) is 0 Å². The fraction of sp³-hybridized carbons (Fsp3) is 0.400. The lowest BCUT2D eigenvalue weighted by Gasteiger charge is -2.12. The normalized spacial score (nSPS) is 11.5. The molecular weight excluding hydrogens is 272 g/mol. The largest absolute Gasteiger partial charge is 0.481 e. The number of hydrogen-bond acceptors (Lipinski definition) is 3. The van der Waals surface area contributed by atoms with E-state index in [0.29, 0.717) is 24.2 Å².